The summed E-state index contributed by atoms with van der Waals surface area (Å²) in [5, 5.41) is 4.22. The average molecular weight is 286 g/mol. The molecule has 0 saturated heterocycles. The Hall–Kier alpha value is -1.39. The second-order valence-corrected chi connectivity index (χ2v) is 4.48. The molecule has 1 heterocycles. The summed E-state index contributed by atoms with van der Waals surface area (Å²) in [5.74, 6) is -0.107. The molecule has 1 aromatic heterocycles. The maximum atomic E-state index is 12.8. The van der Waals surface area contributed by atoms with Crippen LogP contribution >= 0.6 is 23.2 Å². The van der Waals surface area contributed by atoms with Gasteiger partial charge < -0.3 is 5.32 Å². The van der Waals surface area contributed by atoms with Crippen molar-refractivity contribution in [2.24, 2.45) is 0 Å². The molecule has 3 nitrogen and oxygen atoms in total. The molecule has 2 rings (SSSR count). The summed E-state index contributed by atoms with van der Waals surface area (Å²) in [4.78, 5) is 7.27. The van der Waals surface area contributed by atoms with Crippen molar-refractivity contribution < 1.29 is 4.39 Å². The van der Waals surface area contributed by atoms with Gasteiger partial charge in [0.2, 0.25) is 5.95 Å². The third kappa shape index (κ3) is 3.55. The van der Waals surface area contributed by atoms with Gasteiger partial charge in [-0.25, -0.2) is 9.97 Å². The largest absolute Gasteiger partial charge is 0.370 e. The van der Waals surface area contributed by atoms with Crippen LogP contribution in [0, 0.1) is 5.95 Å². The van der Waals surface area contributed by atoms with Crippen LogP contribution in [0.5, 0.6) is 0 Å². The van der Waals surface area contributed by atoms with Crippen LogP contribution in [0.1, 0.15) is 5.56 Å². The minimum absolute atomic E-state index is 0.451. The lowest BCUT2D eigenvalue weighted by Crippen LogP contribution is -2.07. The van der Waals surface area contributed by atoms with Crippen molar-refractivity contribution in [1.82, 2.24) is 9.97 Å². The van der Waals surface area contributed by atoms with Crippen molar-refractivity contribution in [2.75, 3.05) is 11.9 Å². The van der Waals surface area contributed by atoms with E-state index in [0.717, 1.165) is 5.56 Å². The van der Waals surface area contributed by atoms with Gasteiger partial charge in [-0.15, -0.1) is 0 Å². The van der Waals surface area contributed by atoms with Gasteiger partial charge in [-0.05, 0) is 24.1 Å². The van der Waals surface area contributed by atoms with Crippen molar-refractivity contribution >= 4 is 29.0 Å². The lowest BCUT2D eigenvalue weighted by Gasteiger charge is -2.07. The Balaban J connectivity index is 1.92. The molecule has 0 unspecified atom stereocenters. The van der Waals surface area contributed by atoms with E-state index in [4.69, 9.17) is 23.2 Å². The van der Waals surface area contributed by atoms with E-state index in [0.29, 0.717) is 28.8 Å². The Labute approximate surface area is 114 Å². The molecule has 1 aromatic carbocycles. The SMILES string of the molecule is Fc1cc(NCCc2ccc(Cl)cc2Cl)ncn1. The van der Waals surface area contributed by atoms with Gasteiger partial charge in [-0.2, -0.15) is 4.39 Å². The van der Waals surface area contributed by atoms with Gasteiger partial charge in [0.1, 0.15) is 12.1 Å². The maximum Gasteiger partial charge on any atom is 0.217 e. The monoisotopic (exact) mass is 285 g/mol. The summed E-state index contributed by atoms with van der Waals surface area (Å²) < 4.78 is 12.8. The van der Waals surface area contributed by atoms with Crippen molar-refractivity contribution in [1.29, 1.82) is 0 Å². The highest BCUT2D eigenvalue weighted by molar-refractivity contribution is 6.35. The molecular formula is C12H10Cl2FN3. The number of nitrogens with one attached hydrogen (secondary N) is 1. The molecule has 0 radical (unpaired) electrons. The van der Waals surface area contributed by atoms with Crippen molar-refractivity contribution in [2.45, 2.75) is 6.42 Å². The normalized spacial score (nSPS) is 10.4. The van der Waals surface area contributed by atoms with E-state index in [1.165, 1.54) is 12.4 Å². The van der Waals surface area contributed by atoms with Crippen LogP contribution in [0.15, 0.2) is 30.6 Å². The van der Waals surface area contributed by atoms with Crippen LogP contribution in [-0.2, 0) is 6.42 Å². The number of rotatable bonds is 4. The van der Waals surface area contributed by atoms with E-state index in [1.807, 2.05) is 6.07 Å². The summed E-state index contributed by atoms with van der Waals surface area (Å²) in [5.41, 5.74) is 0.975. The fourth-order valence-corrected chi connectivity index (χ4v) is 1.98. The van der Waals surface area contributed by atoms with Crippen molar-refractivity contribution in [3.63, 3.8) is 0 Å². The lowest BCUT2D eigenvalue weighted by molar-refractivity contribution is 0.580. The smallest absolute Gasteiger partial charge is 0.217 e. The number of anilines is 1. The van der Waals surface area contributed by atoms with Crippen LogP contribution in [0.2, 0.25) is 10.0 Å². The zero-order chi connectivity index (χ0) is 13.0. The number of hydrogen-bond acceptors (Lipinski definition) is 3. The molecule has 0 bridgehead atoms. The number of hydrogen-bond donors (Lipinski definition) is 1. The summed E-state index contributed by atoms with van der Waals surface area (Å²) in [6, 6.07) is 6.59. The Morgan fingerprint density at radius 2 is 2.00 bits per heavy atom. The number of halogens is 3. The van der Waals surface area contributed by atoms with E-state index in [1.54, 1.807) is 12.1 Å². The second-order valence-electron chi connectivity index (χ2n) is 3.64. The highest BCUT2D eigenvalue weighted by Crippen LogP contribution is 2.21. The molecule has 0 spiro atoms. The fraction of sp³-hybridized carbons (Fsp3) is 0.167. The van der Waals surface area contributed by atoms with Gasteiger partial charge in [-0.3, -0.25) is 0 Å². The second kappa shape index (κ2) is 5.98. The van der Waals surface area contributed by atoms with Crippen molar-refractivity contribution in [3.8, 4) is 0 Å². The van der Waals surface area contributed by atoms with Gasteiger partial charge in [0, 0.05) is 22.7 Å². The molecule has 0 aliphatic heterocycles. The Morgan fingerprint density at radius 3 is 2.72 bits per heavy atom. The van der Waals surface area contributed by atoms with Gasteiger partial charge in [-0.1, -0.05) is 29.3 Å². The first-order valence-electron chi connectivity index (χ1n) is 5.30. The first-order chi connectivity index (χ1) is 8.65. The van der Waals surface area contributed by atoms with E-state index >= 15 is 0 Å². The van der Waals surface area contributed by atoms with E-state index in [9.17, 15) is 4.39 Å². The van der Waals surface area contributed by atoms with Crippen LogP contribution in [0.25, 0.3) is 0 Å². The van der Waals surface area contributed by atoms with Gasteiger partial charge in [0.05, 0.1) is 0 Å². The van der Waals surface area contributed by atoms with Crippen LogP contribution in [-0.4, -0.2) is 16.5 Å². The predicted octanol–water partition coefficient (Wildman–Crippen LogP) is 3.58. The number of aromatic nitrogens is 2. The standard InChI is InChI=1S/C12H10Cl2FN3/c13-9-2-1-8(10(14)5-9)3-4-16-12-6-11(15)17-7-18-12/h1-2,5-7H,3-4H2,(H,16,17,18). The molecule has 2 aromatic rings. The molecule has 94 valence electrons. The summed E-state index contributed by atoms with van der Waals surface area (Å²) in [6.45, 7) is 0.595. The van der Waals surface area contributed by atoms with E-state index in [2.05, 4.69) is 15.3 Å². The average Bonchev–Trinajstić information content (AvgIpc) is 2.32. The molecule has 1 N–H and O–H groups in total. The van der Waals surface area contributed by atoms with Gasteiger partial charge in [0.25, 0.3) is 0 Å². The number of benzene rings is 1. The zero-order valence-corrected chi connectivity index (χ0v) is 10.8. The topological polar surface area (TPSA) is 37.8 Å². The summed E-state index contributed by atoms with van der Waals surface area (Å²) >= 11 is 11.8. The van der Waals surface area contributed by atoms with Crippen molar-refractivity contribution in [3.05, 3.63) is 52.1 Å². The van der Waals surface area contributed by atoms with Crippen LogP contribution in [0.4, 0.5) is 10.2 Å². The predicted molar refractivity (Wildman–Crippen MR) is 70.6 cm³/mol. The molecule has 0 fully saturated rings. The molecule has 18 heavy (non-hydrogen) atoms. The number of nitrogens with zero attached hydrogens (tertiary/aromatic N) is 2. The Bertz CT molecular complexity index is 549. The first kappa shape index (κ1) is 13.1. The zero-order valence-electron chi connectivity index (χ0n) is 9.33. The summed E-state index contributed by atoms with van der Waals surface area (Å²) in [7, 11) is 0. The van der Waals surface area contributed by atoms with Crippen LogP contribution in [0.3, 0.4) is 0 Å². The highest BCUT2D eigenvalue weighted by atomic mass is 35.5. The quantitative estimate of drug-likeness (QED) is 0.873. The molecule has 0 saturated carbocycles. The van der Waals surface area contributed by atoms with Crippen LogP contribution < -0.4 is 5.32 Å². The highest BCUT2D eigenvalue weighted by Gasteiger charge is 2.02. The first-order valence-corrected chi connectivity index (χ1v) is 6.06. The van der Waals surface area contributed by atoms with Gasteiger partial charge in [0.15, 0.2) is 0 Å². The molecule has 0 atom stereocenters. The lowest BCUT2D eigenvalue weighted by atomic mass is 10.1. The Morgan fingerprint density at radius 1 is 1.17 bits per heavy atom. The van der Waals surface area contributed by atoms with E-state index in [-0.39, 0.29) is 0 Å². The third-order valence-electron chi connectivity index (χ3n) is 2.35. The molecule has 0 amide bonds. The fourth-order valence-electron chi connectivity index (χ4n) is 1.48. The Kier molecular flexibility index (Phi) is 4.33. The summed E-state index contributed by atoms with van der Waals surface area (Å²) in [6.07, 6.45) is 1.87. The molecular weight excluding hydrogens is 276 g/mol. The minimum atomic E-state index is -0.558. The maximum absolute atomic E-state index is 12.8. The van der Waals surface area contributed by atoms with Gasteiger partial charge >= 0.3 is 0 Å². The minimum Gasteiger partial charge on any atom is -0.370 e. The molecule has 0 aliphatic carbocycles. The van der Waals surface area contributed by atoms with E-state index < -0.39 is 5.95 Å². The third-order valence-corrected chi connectivity index (χ3v) is 2.94. The molecule has 0 aliphatic rings. The molecule has 6 heteroatoms.